The molecule has 2 amide bonds. The van der Waals surface area contributed by atoms with E-state index in [4.69, 9.17) is 4.52 Å². The molecule has 0 saturated carbocycles. The number of rotatable bonds is 5. The number of carbonyl (C=O) groups is 1. The fourth-order valence-electron chi connectivity index (χ4n) is 1.84. The van der Waals surface area contributed by atoms with Gasteiger partial charge in [-0.1, -0.05) is 5.16 Å². The lowest BCUT2D eigenvalue weighted by Crippen LogP contribution is -2.36. The number of likely N-dealkylation sites (N-methyl/N-ethyl adjacent to an activating group) is 1. The van der Waals surface area contributed by atoms with Crippen molar-refractivity contribution in [2.24, 2.45) is 0 Å². The standard InChI is InChI=1S/C13H18N4O2S/c1-9-6-12(16-19-9)15-13(18)14-7-11(17(2)3)10-4-5-20-8-10/h4-6,8,11H,7H2,1-3H3,(H2,14,15,16,18)/t11-/m0/s1. The molecule has 2 aromatic rings. The highest BCUT2D eigenvalue weighted by molar-refractivity contribution is 7.07. The molecular weight excluding hydrogens is 276 g/mol. The van der Waals surface area contributed by atoms with E-state index < -0.39 is 0 Å². The van der Waals surface area contributed by atoms with Crippen LogP contribution in [0.3, 0.4) is 0 Å². The molecule has 0 unspecified atom stereocenters. The summed E-state index contributed by atoms with van der Waals surface area (Å²) >= 11 is 1.65. The lowest BCUT2D eigenvalue weighted by Gasteiger charge is -2.23. The first-order chi connectivity index (χ1) is 9.56. The molecule has 0 aliphatic heterocycles. The minimum absolute atomic E-state index is 0.144. The Kier molecular flexibility index (Phi) is 4.75. The minimum atomic E-state index is -0.291. The van der Waals surface area contributed by atoms with Crippen molar-refractivity contribution in [3.8, 4) is 0 Å². The topological polar surface area (TPSA) is 70.4 Å². The summed E-state index contributed by atoms with van der Waals surface area (Å²) in [6.45, 7) is 2.29. The van der Waals surface area contributed by atoms with E-state index in [9.17, 15) is 4.79 Å². The van der Waals surface area contributed by atoms with Gasteiger partial charge in [0.1, 0.15) is 5.76 Å². The van der Waals surface area contributed by atoms with Crippen LogP contribution in [0.5, 0.6) is 0 Å². The molecule has 0 radical (unpaired) electrons. The number of urea groups is 1. The SMILES string of the molecule is Cc1cc(NC(=O)NC[C@@H](c2ccsc2)N(C)C)no1. The number of nitrogens with one attached hydrogen (secondary N) is 2. The first kappa shape index (κ1) is 14.5. The summed E-state index contributed by atoms with van der Waals surface area (Å²) in [4.78, 5) is 13.9. The highest BCUT2D eigenvalue weighted by atomic mass is 32.1. The molecule has 2 N–H and O–H groups in total. The van der Waals surface area contributed by atoms with Crippen LogP contribution in [0.2, 0.25) is 0 Å². The van der Waals surface area contributed by atoms with E-state index in [0.717, 1.165) is 0 Å². The Morgan fingerprint density at radius 3 is 2.90 bits per heavy atom. The molecule has 2 aromatic heterocycles. The highest BCUT2D eigenvalue weighted by Gasteiger charge is 2.16. The van der Waals surface area contributed by atoms with Crippen molar-refractivity contribution in [2.45, 2.75) is 13.0 Å². The minimum Gasteiger partial charge on any atom is -0.360 e. The molecule has 2 rings (SSSR count). The lowest BCUT2D eigenvalue weighted by molar-refractivity contribution is 0.243. The molecule has 0 fully saturated rings. The van der Waals surface area contributed by atoms with Crippen molar-refractivity contribution in [3.05, 3.63) is 34.2 Å². The molecule has 7 heteroatoms. The Balaban J connectivity index is 1.88. The van der Waals surface area contributed by atoms with E-state index in [0.29, 0.717) is 18.1 Å². The third-order valence-corrected chi connectivity index (χ3v) is 3.58. The lowest BCUT2D eigenvalue weighted by atomic mass is 10.1. The number of aryl methyl sites for hydroxylation is 1. The molecule has 20 heavy (non-hydrogen) atoms. The van der Waals surface area contributed by atoms with Crippen molar-refractivity contribution < 1.29 is 9.32 Å². The zero-order chi connectivity index (χ0) is 14.5. The van der Waals surface area contributed by atoms with Crippen molar-refractivity contribution >= 4 is 23.2 Å². The van der Waals surface area contributed by atoms with Crippen LogP contribution in [0.25, 0.3) is 0 Å². The number of hydrogen-bond acceptors (Lipinski definition) is 5. The van der Waals surface area contributed by atoms with Crippen molar-refractivity contribution in [1.82, 2.24) is 15.4 Å². The van der Waals surface area contributed by atoms with E-state index in [-0.39, 0.29) is 12.1 Å². The van der Waals surface area contributed by atoms with Gasteiger partial charge >= 0.3 is 6.03 Å². The summed E-state index contributed by atoms with van der Waals surface area (Å²) < 4.78 is 4.89. The maximum atomic E-state index is 11.8. The molecule has 0 bridgehead atoms. The second-order valence-electron chi connectivity index (χ2n) is 4.69. The Bertz CT molecular complexity index is 550. The summed E-state index contributed by atoms with van der Waals surface area (Å²) in [5.74, 6) is 1.07. The number of thiophene rings is 1. The Labute approximate surface area is 121 Å². The maximum absolute atomic E-state index is 11.8. The van der Waals surface area contributed by atoms with E-state index in [1.54, 1.807) is 24.3 Å². The number of amides is 2. The molecule has 2 heterocycles. The molecule has 0 saturated heterocycles. The van der Waals surface area contributed by atoms with Gasteiger partial charge in [-0.25, -0.2) is 4.79 Å². The predicted octanol–water partition coefficient (Wildman–Crippen LogP) is 2.47. The third kappa shape index (κ3) is 3.82. The molecule has 108 valence electrons. The fourth-order valence-corrected chi connectivity index (χ4v) is 2.55. The van der Waals surface area contributed by atoms with Gasteiger partial charge in [0, 0.05) is 12.6 Å². The van der Waals surface area contributed by atoms with E-state index >= 15 is 0 Å². The molecule has 0 aliphatic carbocycles. The average molecular weight is 294 g/mol. The smallest absolute Gasteiger partial charge is 0.320 e. The van der Waals surface area contributed by atoms with Crippen molar-refractivity contribution in [2.75, 3.05) is 26.0 Å². The fraction of sp³-hybridized carbons (Fsp3) is 0.385. The third-order valence-electron chi connectivity index (χ3n) is 2.88. The van der Waals surface area contributed by atoms with Gasteiger partial charge in [-0.05, 0) is 43.4 Å². The quantitative estimate of drug-likeness (QED) is 0.888. The largest absolute Gasteiger partial charge is 0.360 e. The van der Waals surface area contributed by atoms with Crippen LogP contribution >= 0.6 is 11.3 Å². The van der Waals surface area contributed by atoms with Gasteiger partial charge in [-0.3, -0.25) is 5.32 Å². The Morgan fingerprint density at radius 2 is 2.35 bits per heavy atom. The first-order valence-corrected chi connectivity index (χ1v) is 7.17. The van der Waals surface area contributed by atoms with Gasteiger partial charge in [0.2, 0.25) is 0 Å². The van der Waals surface area contributed by atoms with Gasteiger partial charge in [0.25, 0.3) is 0 Å². The van der Waals surface area contributed by atoms with Crippen LogP contribution in [0.4, 0.5) is 10.6 Å². The normalized spacial score (nSPS) is 12.4. The summed E-state index contributed by atoms with van der Waals surface area (Å²) in [6, 6.07) is 3.59. The van der Waals surface area contributed by atoms with Crippen LogP contribution in [-0.2, 0) is 0 Å². The van der Waals surface area contributed by atoms with Gasteiger partial charge in [-0.15, -0.1) is 0 Å². The second-order valence-corrected chi connectivity index (χ2v) is 5.47. The number of hydrogen-bond donors (Lipinski definition) is 2. The molecular formula is C13H18N4O2S. The number of nitrogens with zero attached hydrogens (tertiary/aromatic N) is 2. The predicted molar refractivity (Wildman–Crippen MR) is 79.0 cm³/mol. The Hall–Kier alpha value is -1.86. The molecule has 1 atom stereocenters. The summed E-state index contributed by atoms with van der Waals surface area (Å²) in [6.07, 6.45) is 0. The van der Waals surface area contributed by atoms with Crippen molar-refractivity contribution in [3.63, 3.8) is 0 Å². The van der Waals surface area contributed by atoms with E-state index in [2.05, 4.69) is 32.1 Å². The monoisotopic (exact) mass is 294 g/mol. The molecule has 6 nitrogen and oxygen atoms in total. The summed E-state index contributed by atoms with van der Waals surface area (Å²) in [7, 11) is 3.98. The zero-order valence-corrected chi connectivity index (χ0v) is 12.5. The van der Waals surface area contributed by atoms with E-state index in [1.807, 2.05) is 19.5 Å². The van der Waals surface area contributed by atoms with Crippen LogP contribution < -0.4 is 10.6 Å². The zero-order valence-electron chi connectivity index (χ0n) is 11.7. The summed E-state index contributed by atoms with van der Waals surface area (Å²) in [5, 5.41) is 13.3. The highest BCUT2D eigenvalue weighted by Crippen LogP contribution is 2.19. The van der Waals surface area contributed by atoms with Crippen LogP contribution in [-0.4, -0.2) is 36.7 Å². The van der Waals surface area contributed by atoms with Gasteiger partial charge in [0.05, 0.1) is 6.04 Å². The average Bonchev–Trinajstić information content (AvgIpc) is 3.01. The summed E-state index contributed by atoms with van der Waals surface area (Å²) in [5.41, 5.74) is 1.19. The first-order valence-electron chi connectivity index (χ1n) is 6.23. The van der Waals surface area contributed by atoms with Crippen LogP contribution in [0, 0.1) is 6.92 Å². The maximum Gasteiger partial charge on any atom is 0.320 e. The van der Waals surface area contributed by atoms with Crippen LogP contribution in [0.1, 0.15) is 17.4 Å². The van der Waals surface area contributed by atoms with E-state index in [1.165, 1.54) is 5.56 Å². The number of anilines is 1. The number of aromatic nitrogens is 1. The number of carbonyl (C=O) groups excluding carboxylic acids is 1. The van der Waals surface area contributed by atoms with Gasteiger partial charge in [0.15, 0.2) is 5.82 Å². The van der Waals surface area contributed by atoms with Crippen LogP contribution in [0.15, 0.2) is 27.4 Å². The Morgan fingerprint density at radius 1 is 1.55 bits per heavy atom. The van der Waals surface area contributed by atoms with Gasteiger partial charge < -0.3 is 14.7 Å². The van der Waals surface area contributed by atoms with Crippen molar-refractivity contribution in [1.29, 1.82) is 0 Å². The molecule has 0 spiro atoms. The molecule has 0 aliphatic rings. The second kappa shape index (κ2) is 6.53. The van der Waals surface area contributed by atoms with Gasteiger partial charge in [-0.2, -0.15) is 11.3 Å². The molecule has 0 aromatic carbocycles.